The van der Waals surface area contributed by atoms with E-state index in [9.17, 15) is 4.79 Å². The second-order valence-corrected chi connectivity index (χ2v) is 5.24. The monoisotopic (exact) mass is 285 g/mol. The van der Waals surface area contributed by atoms with Crippen LogP contribution in [0.5, 0.6) is 0 Å². The van der Waals surface area contributed by atoms with Crippen LogP contribution in [0.3, 0.4) is 0 Å². The maximum atomic E-state index is 12.1. The lowest BCUT2D eigenvalue weighted by atomic mass is 10.2. The fourth-order valence-electron chi connectivity index (χ4n) is 2.60. The highest BCUT2D eigenvalue weighted by Crippen LogP contribution is 2.31. The first-order valence-corrected chi connectivity index (χ1v) is 7.20. The van der Waals surface area contributed by atoms with E-state index in [1.807, 2.05) is 35.0 Å². The quantitative estimate of drug-likeness (QED) is 0.938. The third-order valence-electron chi connectivity index (χ3n) is 3.87. The highest BCUT2D eigenvalue weighted by Gasteiger charge is 2.25. The van der Waals surface area contributed by atoms with Crippen molar-refractivity contribution in [3.8, 4) is 5.69 Å². The van der Waals surface area contributed by atoms with E-state index in [4.69, 9.17) is 4.74 Å². The van der Waals surface area contributed by atoms with E-state index in [1.165, 1.54) is 7.11 Å². The maximum Gasteiger partial charge on any atom is 0.254 e. The van der Waals surface area contributed by atoms with Crippen molar-refractivity contribution in [3.63, 3.8) is 0 Å². The Labute approximate surface area is 123 Å². The van der Waals surface area contributed by atoms with Gasteiger partial charge in [0.2, 0.25) is 0 Å². The fourth-order valence-corrected chi connectivity index (χ4v) is 2.60. The molecule has 0 bridgehead atoms. The molecule has 0 saturated heterocycles. The minimum absolute atomic E-state index is 0.149. The summed E-state index contributed by atoms with van der Waals surface area (Å²) in [6.45, 7) is 1.73. The molecule has 0 radical (unpaired) electrons. The molecule has 5 nitrogen and oxygen atoms in total. The first-order chi connectivity index (χ1) is 10.2. The normalized spacial score (nSPS) is 14.8. The number of methoxy groups -OCH3 is 1. The predicted molar refractivity (Wildman–Crippen MR) is 80.7 cm³/mol. The van der Waals surface area contributed by atoms with E-state index >= 15 is 0 Å². The topological polar surface area (TPSA) is 56.1 Å². The number of nitrogens with one attached hydrogen (secondary N) is 1. The number of carbonyl (C=O) groups is 1. The average molecular weight is 285 g/mol. The predicted octanol–water partition coefficient (Wildman–Crippen LogP) is 2.33. The van der Waals surface area contributed by atoms with Crippen molar-refractivity contribution in [2.24, 2.45) is 0 Å². The highest BCUT2D eigenvalue weighted by molar-refractivity contribution is 5.94. The van der Waals surface area contributed by atoms with E-state index in [-0.39, 0.29) is 5.91 Å². The number of benzene rings is 1. The Balaban J connectivity index is 2.00. The van der Waals surface area contributed by atoms with Crippen LogP contribution in [0.1, 0.15) is 24.6 Å². The van der Waals surface area contributed by atoms with Crippen LogP contribution in [0.15, 0.2) is 30.3 Å². The van der Waals surface area contributed by atoms with Crippen molar-refractivity contribution in [2.75, 3.05) is 12.4 Å². The van der Waals surface area contributed by atoms with Crippen LogP contribution in [-0.4, -0.2) is 28.9 Å². The van der Waals surface area contributed by atoms with E-state index in [0.717, 1.165) is 42.0 Å². The van der Waals surface area contributed by atoms with Gasteiger partial charge in [-0.05, 0) is 38.3 Å². The fraction of sp³-hybridized carbons (Fsp3) is 0.375. The minimum Gasteiger partial charge on any atom is -0.372 e. The number of ether oxygens (including phenoxy) is 1. The lowest BCUT2D eigenvalue weighted by Crippen LogP contribution is -2.28. The Hall–Kier alpha value is -2.14. The average Bonchev–Trinajstić information content (AvgIpc) is 3.10. The summed E-state index contributed by atoms with van der Waals surface area (Å²) in [6, 6.07) is 9.86. The Kier molecular flexibility index (Phi) is 3.75. The molecule has 1 N–H and O–H groups in total. The number of nitrogens with zero attached hydrogens (tertiary/aromatic N) is 2. The Morgan fingerprint density at radius 2 is 2.10 bits per heavy atom. The maximum absolute atomic E-state index is 12.1. The van der Waals surface area contributed by atoms with E-state index in [0.29, 0.717) is 0 Å². The molecular weight excluding hydrogens is 266 g/mol. The van der Waals surface area contributed by atoms with Crippen LogP contribution >= 0.6 is 0 Å². The number of anilines is 1. The van der Waals surface area contributed by atoms with Crippen LogP contribution in [0.2, 0.25) is 0 Å². The zero-order valence-corrected chi connectivity index (χ0v) is 12.3. The molecule has 0 aliphatic heterocycles. The number of hydrogen-bond acceptors (Lipinski definition) is 3. The summed E-state index contributed by atoms with van der Waals surface area (Å²) in [5.41, 5.74) is 3.18. The smallest absolute Gasteiger partial charge is 0.254 e. The molecule has 2 aromatic rings. The second kappa shape index (κ2) is 5.69. The molecule has 0 spiro atoms. The molecule has 1 atom stereocenters. The van der Waals surface area contributed by atoms with Crippen molar-refractivity contribution in [2.45, 2.75) is 32.3 Å². The summed E-state index contributed by atoms with van der Waals surface area (Å²) in [6.07, 6.45) is 2.54. The molecular formula is C16H19N3O2. The number of rotatable bonds is 4. The van der Waals surface area contributed by atoms with Gasteiger partial charge < -0.3 is 10.1 Å². The molecule has 1 aromatic carbocycles. The van der Waals surface area contributed by atoms with Crippen LogP contribution in [-0.2, 0) is 22.4 Å². The number of fused-ring (bicyclic) bond motifs is 1. The number of amides is 1. The van der Waals surface area contributed by atoms with Gasteiger partial charge in [-0.1, -0.05) is 18.2 Å². The van der Waals surface area contributed by atoms with Crippen LogP contribution < -0.4 is 5.32 Å². The lowest BCUT2D eigenvalue weighted by molar-refractivity contribution is -0.124. The van der Waals surface area contributed by atoms with E-state index in [1.54, 1.807) is 6.92 Å². The van der Waals surface area contributed by atoms with E-state index < -0.39 is 6.10 Å². The Morgan fingerprint density at radius 1 is 1.33 bits per heavy atom. The molecule has 1 aliphatic rings. The van der Waals surface area contributed by atoms with Gasteiger partial charge in [0.15, 0.2) is 0 Å². The molecule has 110 valence electrons. The van der Waals surface area contributed by atoms with E-state index in [2.05, 4.69) is 10.4 Å². The molecule has 5 heteroatoms. The zero-order valence-electron chi connectivity index (χ0n) is 12.3. The number of carbonyl (C=O) groups excluding carboxylic acids is 1. The van der Waals surface area contributed by atoms with Crippen molar-refractivity contribution in [3.05, 3.63) is 41.6 Å². The Morgan fingerprint density at radius 3 is 2.81 bits per heavy atom. The first kappa shape index (κ1) is 13.8. The lowest BCUT2D eigenvalue weighted by Gasteiger charge is -2.13. The number of para-hydroxylation sites is 1. The first-order valence-electron chi connectivity index (χ1n) is 7.20. The molecule has 0 fully saturated rings. The molecule has 1 aliphatic carbocycles. The number of aryl methyl sites for hydroxylation is 1. The van der Waals surface area contributed by atoms with Crippen molar-refractivity contribution in [1.29, 1.82) is 0 Å². The summed E-state index contributed by atoms with van der Waals surface area (Å²) in [7, 11) is 1.53. The van der Waals surface area contributed by atoms with Gasteiger partial charge in [-0.2, -0.15) is 5.10 Å². The molecule has 3 rings (SSSR count). The van der Waals surface area contributed by atoms with Gasteiger partial charge in [-0.3, -0.25) is 4.79 Å². The third kappa shape index (κ3) is 2.56. The van der Waals surface area contributed by atoms with Gasteiger partial charge in [0.1, 0.15) is 11.9 Å². The summed E-state index contributed by atoms with van der Waals surface area (Å²) < 4.78 is 6.91. The summed E-state index contributed by atoms with van der Waals surface area (Å²) >= 11 is 0. The van der Waals surface area contributed by atoms with Gasteiger partial charge in [0.25, 0.3) is 5.91 Å². The molecule has 0 saturated carbocycles. The van der Waals surface area contributed by atoms with Gasteiger partial charge in [-0.15, -0.1) is 0 Å². The molecule has 1 aromatic heterocycles. The van der Waals surface area contributed by atoms with Crippen molar-refractivity contribution >= 4 is 11.7 Å². The van der Waals surface area contributed by atoms with Crippen molar-refractivity contribution in [1.82, 2.24) is 9.78 Å². The SMILES string of the molecule is CO[C@H](C)C(=O)Nc1c2c(nn1-c1ccccc1)CCC2. The summed E-state index contributed by atoms with van der Waals surface area (Å²) in [5.74, 6) is 0.631. The minimum atomic E-state index is -0.485. The number of aromatic nitrogens is 2. The van der Waals surface area contributed by atoms with Crippen molar-refractivity contribution < 1.29 is 9.53 Å². The number of hydrogen-bond donors (Lipinski definition) is 1. The molecule has 1 amide bonds. The van der Waals surface area contributed by atoms with Crippen LogP contribution in [0.25, 0.3) is 5.69 Å². The highest BCUT2D eigenvalue weighted by atomic mass is 16.5. The van der Waals surface area contributed by atoms with Gasteiger partial charge in [-0.25, -0.2) is 4.68 Å². The molecule has 21 heavy (non-hydrogen) atoms. The van der Waals surface area contributed by atoms with Gasteiger partial charge in [0, 0.05) is 12.7 Å². The summed E-state index contributed by atoms with van der Waals surface area (Å²) in [5, 5.41) is 7.64. The second-order valence-electron chi connectivity index (χ2n) is 5.24. The van der Waals surface area contributed by atoms with Crippen LogP contribution in [0, 0.1) is 0 Å². The van der Waals surface area contributed by atoms with Gasteiger partial charge in [0.05, 0.1) is 11.4 Å². The largest absolute Gasteiger partial charge is 0.372 e. The van der Waals surface area contributed by atoms with Gasteiger partial charge >= 0.3 is 0 Å². The standard InChI is InChI=1S/C16H19N3O2/c1-11(21-2)16(20)17-15-13-9-6-10-14(13)18-19(15)12-7-4-3-5-8-12/h3-5,7-8,11H,6,9-10H2,1-2H3,(H,17,20)/t11-/m1/s1. The Bertz CT molecular complexity index is 649. The summed E-state index contributed by atoms with van der Waals surface area (Å²) in [4.78, 5) is 12.1. The molecule has 1 heterocycles. The third-order valence-corrected chi connectivity index (χ3v) is 3.87. The molecule has 0 unspecified atom stereocenters. The zero-order chi connectivity index (χ0) is 14.8. The van der Waals surface area contributed by atoms with Crippen LogP contribution in [0.4, 0.5) is 5.82 Å².